The molecule has 0 aromatic heterocycles. The van der Waals surface area contributed by atoms with Crippen molar-refractivity contribution in [3.05, 3.63) is 0 Å². The Morgan fingerprint density at radius 1 is 1.60 bits per heavy atom. The van der Waals surface area contributed by atoms with Crippen LogP contribution in [0.4, 0.5) is 0 Å². The van der Waals surface area contributed by atoms with Gasteiger partial charge in [-0.1, -0.05) is 0 Å². The summed E-state index contributed by atoms with van der Waals surface area (Å²) in [7, 11) is 0. The second-order valence-electron chi connectivity index (χ2n) is 1.48. The van der Waals surface area contributed by atoms with Gasteiger partial charge in [-0.2, -0.15) is 0 Å². The van der Waals surface area contributed by atoms with Crippen molar-refractivity contribution in [3.8, 4) is 0 Å². The molecular formula is C4H9Al. The first-order valence-electron chi connectivity index (χ1n) is 1.90. The van der Waals surface area contributed by atoms with Crippen LogP contribution < -0.4 is 0 Å². The number of hydrogen-bond donors (Lipinski definition) is 0. The van der Waals surface area contributed by atoms with Crippen LogP contribution in [0.5, 0.6) is 0 Å². The Morgan fingerprint density at radius 3 is 1.80 bits per heavy atom. The Bertz CT molecular complexity index is 30.6. The van der Waals surface area contributed by atoms with E-state index in [-0.39, 0.29) is 0 Å². The van der Waals surface area contributed by atoms with E-state index >= 15 is 0 Å². The van der Waals surface area contributed by atoms with Crippen LogP contribution in [0.1, 0.15) is 13.8 Å². The molecule has 0 unspecified atom stereocenters. The standard InChI is InChI=1S/C4H8.Al.H/c1-4(2)3;;/h1,4H,2-3H3;;. The van der Waals surface area contributed by atoms with Gasteiger partial charge in [-0.15, -0.1) is 0 Å². The number of hydrogen-bond acceptors (Lipinski definition) is 0. The average molecular weight is 84.1 g/mol. The third-order valence-corrected chi connectivity index (χ3v) is 1.41. The van der Waals surface area contributed by atoms with Crippen LogP contribution >= 0.6 is 0 Å². The first-order valence-corrected chi connectivity index (χ1v) is 2.71. The molecule has 0 aliphatic heterocycles. The molecule has 0 amide bonds. The molecule has 0 aliphatic carbocycles. The molecule has 0 spiro atoms. The summed E-state index contributed by atoms with van der Waals surface area (Å²) in [6.07, 6.45) is 0. The van der Waals surface area contributed by atoms with Crippen LogP contribution in [0.15, 0.2) is 0 Å². The van der Waals surface area contributed by atoms with Crippen LogP contribution in [0.3, 0.4) is 0 Å². The molecule has 28 valence electrons. The maximum atomic E-state index is 2.19. The quantitative estimate of drug-likeness (QED) is 0.402. The predicted molar refractivity (Wildman–Crippen MR) is 28.1 cm³/mol. The van der Waals surface area contributed by atoms with Gasteiger partial charge < -0.3 is 0 Å². The molecule has 0 fully saturated rings. The molecular weight excluding hydrogens is 75.0 g/mol. The monoisotopic (exact) mass is 84.1 g/mol. The summed E-state index contributed by atoms with van der Waals surface area (Å²) in [6, 6.07) is 0. The van der Waals surface area contributed by atoms with E-state index < -0.39 is 0 Å². The van der Waals surface area contributed by atoms with E-state index in [1.807, 2.05) is 15.9 Å². The third kappa shape index (κ3) is 4.40. The van der Waals surface area contributed by atoms with Crippen LogP contribution in [-0.2, 0) is 0 Å². The molecule has 0 atom stereocenters. The van der Waals surface area contributed by atoms with Crippen molar-refractivity contribution < 1.29 is 0 Å². The van der Waals surface area contributed by atoms with E-state index in [2.05, 4.69) is 18.7 Å². The van der Waals surface area contributed by atoms with Gasteiger partial charge in [0.2, 0.25) is 0 Å². The van der Waals surface area contributed by atoms with E-state index in [1.165, 1.54) is 0 Å². The molecule has 0 N–H and O–H groups in total. The van der Waals surface area contributed by atoms with Gasteiger partial charge in [0.15, 0.2) is 0 Å². The van der Waals surface area contributed by atoms with E-state index in [4.69, 9.17) is 0 Å². The van der Waals surface area contributed by atoms with Gasteiger partial charge in [-0.3, -0.25) is 0 Å². The fourth-order valence-corrected chi connectivity index (χ4v) is 0. The molecule has 0 heterocycles. The summed E-state index contributed by atoms with van der Waals surface area (Å²) < 4.78 is 0. The van der Waals surface area contributed by atoms with E-state index in [1.54, 1.807) is 0 Å². The van der Waals surface area contributed by atoms with Gasteiger partial charge in [0.25, 0.3) is 0 Å². The van der Waals surface area contributed by atoms with Crippen LogP contribution in [-0.4, -0.2) is 20.7 Å². The van der Waals surface area contributed by atoms with E-state index in [0.717, 1.165) is 5.92 Å². The zero-order valence-corrected chi connectivity index (χ0v) is 5.28. The molecule has 0 nitrogen and oxygen atoms in total. The van der Waals surface area contributed by atoms with Crippen molar-refractivity contribution >= 4 is 20.7 Å². The third-order valence-electron chi connectivity index (χ3n) is 0.471. The SMILES string of the molecule is CC(C)[CH]=[AlH]. The predicted octanol–water partition coefficient (Wildman–Crippen LogP) is 0.345. The molecule has 0 rings (SSSR count). The molecule has 5 heavy (non-hydrogen) atoms. The molecule has 0 radical (unpaired) electrons. The van der Waals surface area contributed by atoms with Gasteiger partial charge in [0.1, 0.15) is 0 Å². The zero-order valence-electron chi connectivity index (χ0n) is 3.86. The fraction of sp³-hybridized carbons (Fsp3) is 0.750. The van der Waals surface area contributed by atoms with Gasteiger partial charge in [0.05, 0.1) is 0 Å². The summed E-state index contributed by atoms with van der Waals surface area (Å²) in [5, 5.41) is 0. The summed E-state index contributed by atoms with van der Waals surface area (Å²) >= 11 is 1.91. The first-order chi connectivity index (χ1) is 2.27. The maximum absolute atomic E-state index is 2.19. The van der Waals surface area contributed by atoms with Gasteiger partial charge >= 0.3 is 40.5 Å². The molecule has 0 bridgehead atoms. The molecule has 0 aromatic rings. The second kappa shape index (κ2) is 2.63. The van der Waals surface area contributed by atoms with Crippen molar-refractivity contribution in [2.24, 2.45) is 5.92 Å². The van der Waals surface area contributed by atoms with E-state index in [9.17, 15) is 0 Å². The zero-order chi connectivity index (χ0) is 4.28. The Morgan fingerprint density at radius 2 is 1.80 bits per heavy atom. The summed E-state index contributed by atoms with van der Waals surface area (Å²) in [5.74, 6) is 0.772. The second-order valence-corrected chi connectivity index (χ2v) is 1.95. The van der Waals surface area contributed by atoms with Crippen molar-refractivity contribution in [1.82, 2.24) is 0 Å². The summed E-state index contributed by atoms with van der Waals surface area (Å²) in [5.41, 5.74) is 0. The van der Waals surface area contributed by atoms with Gasteiger partial charge in [0, 0.05) is 0 Å². The fourth-order valence-electron chi connectivity index (χ4n) is 0. The molecule has 0 aromatic carbocycles. The summed E-state index contributed by atoms with van der Waals surface area (Å²) in [6.45, 7) is 4.35. The van der Waals surface area contributed by atoms with Crippen LogP contribution in [0.25, 0.3) is 0 Å². The molecule has 0 saturated heterocycles. The van der Waals surface area contributed by atoms with E-state index in [0.29, 0.717) is 0 Å². The van der Waals surface area contributed by atoms with Crippen molar-refractivity contribution in [3.63, 3.8) is 0 Å². The molecule has 0 aliphatic rings. The normalized spacial score (nSPS) is 8.40. The Balaban J connectivity index is 2.83. The minimum absolute atomic E-state index is 0.772. The van der Waals surface area contributed by atoms with Gasteiger partial charge in [-0.05, 0) is 0 Å². The molecule has 0 saturated carbocycles. The van der Waals surface area contributed by atoms with Crippen LogP contribution in [0.2, 0.25) is 0 Å². The Labute approximate surface area is 41.2 Å². The molecule has 1 heteroatoms. The number of rotatable bonds is 1. The van der Waals surface area contributed by atoms with Crippen molar-refractivity contribution in [1.29, 1.82) is 0 Å². The first kappa shape index (κ1) is 5.40. The minimum atomic E-state index is 0.772. The average Bonchev–Trinajstić information content (AvgIpc) is 1.38. The topological polar surface area (TPSA) is 0 Å². The van der Waals surface area contributed by atoms with Crippen LogP contribution in [0, 0.1) is 5.92 Å². The summed E-state index contributed by atoms with van der Waals surface area (Å²) in [4.78, 5) is 2.19. The Kier molecular flexibility index (Phi) is 2.84. The van der Waals surface area contributed by atoms with Gasteiger partial charge in [-0.25, -0.2) is 0 Å². The van der Waals surface area contributed by atoms with Crippen molar-refractivity contribution in [2.45, 2.75) is 13.8 Å². The Hall–Kier alpha value is 0.402. The van der Waals surface area contributed by atoms with Crippen molar-refractivity contribution in [2.75, 3.05) is 0 Å².